The second-order valence-corrected chi connectivity index (χ2v) is 3.66. The summed E-state index contributed by atoms with van der Waals surface area (Å²) in [5, 5.41) is 2.52. The summed E-state index contributed by atoms with van der Waals surface area (Å²) in [4.78, 5) is 3.69. The molecule has 0 atom stereocenters. The van der Waals surface area contributed by atoms with Crippen molar-refractivity contribution < 1.29 is 23.0 Å². The van der Waals surface area contributed by atoms with Crippen LogP contribution in [-0.2, 0) is 9.47 Å². The first-order valence-corrected chi connectivity index (χ1v) is 5.92. The van der Waals surface area contributed by atoms with Crippen LogP contribution in [0.3, 0.4) is 0 Å². The molecule has 1 rings (SSSR count). The van der Waals surface area contributed by atoms with Crippen LogP contribution in [0.25, 0.3) is 0 Å². The number of hydrogen-bond acceptors (Lipinski definition) is 5. The lowest BCUT2D eigenvalue weighted by molar-refractivity contribution is 0.0639. The monoisotopic (exact) mass is 276 g/mol. The number of aromatic nitrogens is 1. The van der Waals surface area contributed by atoms with Gasteiger partial charge in [-0.3, -0.25) is 0 Å². The van der Waals surface area contributed by atoms with E-state index in [4.69, 9.17) is 14.2 Å². The van der Waals surface area contributed by atoms with E-state index in [2.05, 4.69) is 10.3 Å². The third-order valence-corrected chi connectivity index (χ3v) is 2.24. The fourth-order valence-corrected chi connectivity index (χ4v) is 1.30. The van der Waals surface area contributed by atoms with Gasteiger partial charge in [0.2, 0.25) is 0 Å². The molecule has 0 amide bonds. The molecule has 0 aromatic carbocycles. The standard InChI is InChI=1S/C12H18F2N2O3/c1-15-11-9(13)8-10(14)12(16-11)19-5-3-4-18-7-6-17-2/h8H,3-7H2,1-2H3,(H,15,16). The Hall–Kier alpha value is -1.47. The minimum atomic E-state index is -0.822. The van der Waals surface area contributed by atoms with Crippen molar-refractivity contribution >= 4 is 5.82 Å². The first kappa shape index (κ1) is 15.6. The summed E-state index contributed by atoms with van der Waals surface area (Å²) in [5.41, 5.74) is 0. The van der Waals surface area contributed by atoms with Crippen molar-refractivity contribution in [2.24, 2.45) is 0 Å². The van der Waals surface area contributed by atoms with Crippen LogP contribution in [0.15, 0.2) is 6.07 Å². The molecule has 0 fully saturated rings. The van der Waals surface area contributed by atoms with Crippen LogP contribution in [-0.4, -0.2) is 45.6 Å². The molecule has 0 unspecified atom stereocenters. The van der Waals surface area contributed by atoms with E-state index in [0.29, 0.717) is 26.2 Å². The van der Waals surface area contributed by atoms with Crippen molar-refractivity contribution in [1.29, 1.82) is 0 Å². The molecule has 1 aromatic rings. The molecule has 7 heteroatoms. The lowest BCUT2D eigenvalue weighted by Gasteiger charge is -2.09. The van der Waals surface area contributed by atoms with Crippen LogP contribution in [0.2, 0.25) is 0 Å². The van der Waals surface area contributed by atoms with E-state index in [1.807, 2.05) is 0 Å². The van der Waals surface area contributed by atoms with E-state index >= 15 is 0 Å². The molecular weight excluding hydrogens is 258 g/mol. The van der Waals surface area contributed by atoms with Crippen molar-refractivity contribution in [3.63, 3.8) is 0 Å². The van der Waals surface area contributed by atoms with Gasteiger partial charge >= 0.3 is 0 Å². The van der Waals surface area contributed by atoms with Gasteiger partial charge in [0, 0.05) is 33.3 Å². The molecule has 1 heterocycles. The largest absolute Gasteiger partial charge is 0.475 e. The van der Waals surface area contributed by atoms with E-state index in [9.17, 15) is 8.78 Å². The number of ether oxygens (including phenoxy) is 3. The lowest BCUT2D eigenvalue weighted by atomic mass is 10.4. The summed E-state index contributed by atoms with van der Waals surface area (Å²) in [6.07, 6.45) is 0.580. The molecule has 0 aliphatic rings. The molecule has 1 N–H and O–H groups in total. The van der Waals surface area contributed by atoms with E-state index in [1.54, 1.807) is 7.11 Å². The van der Waals surface area contributed by atoms with Crippen molar-refractivity contribution in [2.45, 2.75) is 6.42 Å². The van der Waals surface area contributed by atoms with Gasteiger partial charge in [0.25, 0.3) is 5.88 Å². The Morgan fingerprint density at radius 1 is 1.16 bits per heavy atom. The highest BCUT2D eigenvalue weighted by molar-refractivity contribution is 5.38. The summed E-state index contributed by atoms with van der Waals surface area (Å²) in [5.74, 6) is -1.84. The van der Waals surface area contributed by atoms with Gasteiger partial charge in [0.15, 0.2) is 17.5 Å². The third kappa shape index (κ3) is 5.35. The van der Waals surface area contributed by atoms with Gasteiger partial charge in [0.05, 0.1) is 19.8 Å². The van der Waals surface area contributed by atoms with Crippen LogP contribution in [0.4, 0.5) is 14.6 Å². The topological polar surface area (TPSA) is 52.6 Å². The Morgan fingerprint density at radius 3 is 2.63 bits per heavy atom. The van der Waals surface area contributed by atoms with Crippen molar-refractivity contribution in [3.05, 3.63) is 17.7 Å². The van der Waals surface area contributed by atoms with Crippen LogP contribution in [0, 0.1) is 11.6 Å². The Morgan fingerprint density at radius 2 is 1.95 bits per heavy atom. The molecule has 0 bridgehead atoms. The molecule has 1 aromatic heterocycles. The van der Waals surface area contributed by atoms with Crippen molar-refractivity contribution in [2.75, 3.05) is 45.9 Å². The third-order valence-electron chi connectivity index (χ3n) is 2.24. The number of halogens is 2. The zero-order chi connectivity index (χ0) is 14.1. The summed E-state index contributed by atoms with van der Waals surface area (Å²) in [6, 6.07) is 0.739. The molecular formula is C12H18F2N2O3. The maximum absolute atomic E-state index is 13.3. The number of anilines is 1. The predicted molar refractivity (Wildman–Crippen MR) is 66.5 cm³/mol. The highest BCUT2D eigenvalue weighted by atomic mass is 19.1. The number of pyridine rings is 1. The van der Waals surface area contributed by atoms with Gasteiger partial charge < -0.3 is 19.5 Å². The quantitative estimate of drug-likeness (QED) is 0.697. The lowest BCUT2D eigenvalue weighted by Crippen LogP contribution is -2.09. The molecule has 19 heavy (non-hydrogen) atoms. The molecule has 0 aliphatic heterocycles. The molecule has 0 aliphatic carbocycles. The van der Waals surface area contributed by atoms with E-state index in [1.165, 1.54) is 7.05 Å². The van der Waals surface area contributed by atoms with Crippen LogP contribution in [0.5, 0.6) is 5.88 Å². The molecule has 108 valence electrons. The zero-order valence-corrected chi connectivity index (χ0v) is 11.0. The second kappa shape index (κ2) is 8.60. The Labute approximate surface area is 110 Å². The molecule has 0 saturated heterocycles. The highest BCUT2D eigenvalue weighted by Gasteiger charge is 2.11. The Bertz CT molecular complexity index is 391. The average Bonchev–Trinajstić information content (AvgIpc) is 2.40. The molecule has 5 nitrogen and oxygen atoms in total. The normalized spacial score (nSPS) is 10.5. The number of methoxy groups -OCH3 is 1. The van der Waals surface area contributed by atoms with Gasteiger partial charge in [-0.25, -0.2) is 8.78 Å². The van der Waals surface area contributed by atoms with Gasteiger partial charge in [-0.05, 0) is 0 Å². The van der Waals surface area contributed by atoms with Crippen LogP contribution in [0.1, 0.15) is 6.42 Å². The zero-order valence-electron chi connectivity index (χ0n) is 11.0. The maximum atomic E-state index is 13.3. The van der Waals surface area contributed by atoms with Gasteiger partial charge in [-0.15, -0.1) is 0 Å². The van der Waals surface area contributed by atoms with E-state index in [0.717, 1.165) is 6.07 Å². The van der Waals surface area contributed by atoms with Crippen LogP contribution < -0.4 is 10.1 Å². The maximum Gasteiger partial charge on any atom is 0.252 e. The fraction of sp³-hybridized carbons (Fsp3) is 0.583. The first-order chi connectivity index (χ1) is 9.19. The van der Waals surface area contributed by atoms with Crippen molar-refractivity contribution in [3.8, 4) is 5.88 Å². The minimum Gasteiger partial charge on any atom is -0.475 e. The van der Waals surface area contributed by atoms with Crippen LogP contribution >= 0.6 is 0 Å². The van der Waals surface area contributed by atoms with Crippen molar-refractivity contribution in [1.82, 2.24) is 4.98 Å². The number of nitrogens with one attached hydrogen (secondary N) is 1. The fourth-order valence-electron chi connectivity index (χ4n) is 1.30. The summed E-state index contributed by atoms with van der Waals surface area (Å²) in [7, 11) is 3.09. The van der Waals surface area contributed by atoms with Gasteiger partial charge in [-0.1, -0.05) is 0 Å². The predicted octanol–water partition coefficient (Wildman–Crippen LogP) is 1.83. The SMILES string of the molecule is CNc1nc(OCCCOCCOC)c(F)cc1F. The number of nitrogens with zero attached hydrogens (tertiary/aromatic N) is 1. The second-order valence-electron chi connectivity index (χ2n) is 3.66. The first-order valence-electron chi connectivity index (χ1n) is 5.92. The van der Waals surface area contributed by atoms with Gasteiger partial charge in [0.1, 0.15) is 0 Å². The van der Waals surface area contributed by atoms with E-state index < -0.39 is 11.6 Å². The average molecular weight is 276 g/mol. The summed E-state index contributed by atoms with van der Waals surface area (Å²) >= 11 is 0. The summed E-state index contributed by atoms with van der Waals surface area (Å²) in [6.45, 7) is 1.75. The molecule has 0 radical (unpaired) electrons. The smallest absolute Gasteiger partial charge is 0.252 e. The molecule has 0 spiro atoms. The number of rotatable bonds is 9. The van der Waals surface area contributed by atoms with Gasteiger partial charge in [-0.2, -0.15) is 4.98 Å². The van der Waals surface area contributed by atoms with E-state index in [-0.39, 0.29) is 18.3 Å². The summed E-state index contributed by atoms with van der Waals surface area (Å²) < 4.78 is 41.6. The number of hydrogen-bond donors (Lipinski definition) is 1. The highest BCUT2D eigenvalue weighted by Crippen LogP contribution is 2.20. The Kier molecular flexibility index (Phi) is 7.06. The minimum absolute atomic E-state index is 0.0484. The molecule has 0 saturated carbocycles. The Balaban J connectivity index is 2.33.